The molecule has 0 saturated carbocycles. The van der Waals surface area contributed by atoms with Gasteiger partial charge in [0.15, 0.2) is 0 Å². The van der Waals surface area contributed by atoms with Crippen LogP contribution >= 0.6 is 0 Å². The highest BCUT2D eigenvalue weighted by Gasteiger charge is 1.85. The van der Waals surface area contributed by atoms with E-state index in [1.54, 1.807) is 0 Å². The summed E-state index contributed by atoms with van der Waals surface area (Å²) in [5.74, 6) is 0. The first-order chi connectivity index (χ1) is 7.41. The van der Waals surface area contributed by atoms with Crippen LogP contribution in [0.1, 0.15) is 58.8 Å². The van der Waals surface area contributed by atoms with E-state index in [1.165, 1.54) is 44.9 Å². The molecule has 0 unspecified atom stereocenters. The van der Waals surface area contributed by atoms with E-state index in [4.69, 9.17) is 0 Å². The molecule has 0 heterocycles. The van der Waals surface area contributed by atoms with Crippen molar-refractivity contribution in [3.8, 4) is 0 Å². The van der Waals surface area contributed by atoms with Crippen LogP contribution in [0.2, 0.25) is 0 Å². The molecule has 0 aliphatic heterocycles. The maximum Gasteiger partial charge on any atom is -0.0533 e. The van der Waals surface area contributed by atoms with E-state index in [1.807, 2.05) is 36.4 Å². The fraction of sp³-hybridized carbons (Fsp3) is 0.600. The van der Waals surface area contributed by atoms with E-state index in [0.29, 0.717) is 0 Å². The number of hydrogen-bond donors (Lipinski definition) is 0. The van der Waals surface area contributed by atoms with Gasteiger partial charge in [0.1, 0.15) is 0 Å². The number of rotatable bonds is 6. The second-order valence-electron chi connectivity index (χ2n) is 3.92. The quantitative estimate of drug-likeness (QED) is 0.543. The lowest BCUT2D eigenvalue weighted by Gasteiger charge is -1.96. The van der Waals surface area contributed by atoms with Gasteiger partial charge >= 0.3 is 0 Å². The molecule has 15 heavy (non-hydrogen) atoms. The maximum absolute atomic E-state index is 2.26. The lowest BCUT2D eigenvalue weighted by molar-refractivity contribution is 0.602. The lowest BCUT2D eigenvalue weighted by Crippen LogP contribution is -1.76. The van der Waals surface area contributed by atoms with Crippen molar-refractivity contribution in [2.45, 2.75) is 58.8 Å². The Morgan fingerprint density at radius 3 is 1.00 bits per heavy atom. The first-order valence-electron chi connectivity index (χ1n) is 6.41. The van der Waals surface area contributed by atoms with Crippen LogP contribution < -0.4 is 0 Å². The minimum absolute atomic E-state index is 1.37. The maximum atomic E-state index is 2.26. The van der Waals surface area contributed by atoms with Crippen molar-refractivity contribution in [3.63, 3.8) is 0 Å². The summed E-state index contributed by atoms with van der Waals surface area (Å²) in [6.45, 7) is 4.53. The van der Waals surface area contributed by atoms with E-state index in [-0.39, 0.29) is 0 Å². The van der Waals surface area contributed by atoms with Crippen LogP contribution in [0.4, 0.5) is 0 Å². The monoisotopic (exact) mass is 206 g/mol. The highest BCUT2D eigenvalue weighted by Crippen LogP contribution is 2.05. The van der Waals surface area contributed by atoms with Crippen molar-refractivity contribution in [2.24, 2.45) is 0 Å². The van der Waals surface area contributed by atoms with Gasteiger partial charge in [0.25, 0.3) is 0 Å². The molecule has 0 atom stereocenters. The average molecular weight is 206 g/mol. The van der Waals surface area contributed by atoms with E-state index < -0.39 is 0 Å². The Morgan fingerprint density at radius 1 is 0.467 bits per heavy atom. The molecule has 0 bridgehead atoms. The Kier molecular flexibility index (Phi) is 12.5. The Morgan fingerprint density at radius 2 is 0.733 bits per heavy atom. The summed E-state index contributed by atoms with van der Waals surface area (Å²) >= 11 is 0. The molecule has 0 fully saturated rings. The molecular weight excluding hydrogens is 180 g/mol. The molecule has 0 radical (unpaired) electrons. The Hall–Kier alpha value is -0.780. The third-order valence-corrected chi connectivity index (χ3v) is 2.37. The third kappa shape index (κ3) is 13.2. The molecule has 1 aromatic rings. The van der Waals surface area contributed by atoms with E-state index in [0.717, 1.165) is 0 Å². The molecule has 0 nitrogen and oxygen atoms in total. The Labute approximate surface area is 95.7 Å². The van der Waals surface area contributed by atoms with Crippen LogP contribution in [0.3, 0.4) is 0 Å². The van der Waals surface area contributed by atoms with E-state index in [9.17, 15) is 0 Å². The van der Waals surface area contributed by atoms with Gasteiger partial charge in [-0.2, -0.15) is 0 Å². The van der Waals surface area contributed by atoms with Gasteiger partial charge in [0.2, 0.25) is 0 Å². The number of hydrogen-bond acceptors (Lipinski definition) is 0. The Bertz CT molecular complexity index is 146. The van der Waals surface area contributed by atoms with Gasteiger partial charge in [-0.15, -0.1) is 0 Å². The molecule has 0 aliphatic carbocycles. The zero-order valence-electron chi connectivity index (χ0n) is 10.4. The Balaban J connectivity index is 0.000000280. The molecule has 0 N–H and O–H groups in total. The van der Waals surface area contributed by atoms with E-state index >= 15 is 0 Å². The van der Waals surface area contributed by atoms with Crippen LogP contribution in [0, 0.1) is 0 Å². The smallest absolute Gasteiger partial charge is 0.0533 e. The first kappa shape index (κ1) is 14.2. The van der Waals surface area contributed by atoms with Crippen molar-refractivity contribution >= 4 is 0 Å². The molecule has 0 aliphatic rings. The lowest BCUT2D eigenvalue weighted by atomic mass is 10.1. The van der Waals surface area contributed by atoms with Gasteiger partial charge in [-0.25, -0.2) is 0 Å². The fourth-order valence-electron chi connectivity index (χ4n) is 1.42. The second-order valence-corrected chi connectivity index (χ2v) is 3.92. The molecule has 1 aromatic carbocycles. The van der Waals surface area contributed by atoms with Crippen LogP contribution in [0.15, 0.2) is 36.4 Å². The largest absolute Gasteiger partial charge is 0.0654 e. The highest BCUT2D eigenvalue weighted by atomic mass is 13.9. The van der Waals surface area contributed by atoms with Crippen LogP contribution in [0.25, 0.3) is 0 Å². The summed E-state index contributed by atoms with van der Waals surface area (Å²) in [6, 6.07) is 12.0. The van der Waals surface area contributed by atoms with Crippen molar-refractivity contribution in [1.29, 1.82) is 0 Å². The number of benzene rings is 1. The van der Waals surface area contributed by atoms with Gasteiger partial charge in [0, 0.05) is 0 Å². The third-order valence-electron chi connectivity index (χ3n) is 2.37. The van der Waals surface area contributed by atoms with Gasteiger partial charge in [-0.3, -0.25) is 0 Å². The van der Waals surface area contributed by atoms with Crippen molar-refractivity contribution < 1.29 is 0 Å². The second kappa shape index (κ2) is 13.2. The summed E-state index contributed by atoms with van der Waals surface area (Å²) in [7, 11) is 0. The van der Waals surface area contributed by atoms with Crippen LogP contribution in [-0.2, 0) is 0 Å². The predicted octanol–water partition coefficient (Wildman–Crippen LogP) is 5.44. The number of unbranched alkanes of at least 4 members (excludes halogenated alkanes) is 6. The van der Waals surface area contributed by atoms with Gasteiger partial charge in [-0.05, 0) is 0 Å². The summed E-state index contributed by atoms with van der Waals surface area (Å²) < 4.78 is 0. The molecule has 1 rings (SSSR count). The summed E-state index contributed by atoms with van der Waals surface area (Å²) in [5.41, 5.74) is 0. The predicted molar refractivity (Wildman–Crippen MR) is 70.1 cm³/mol. The van der Waals surface area contributed by atoms with Gasteiger partial charge in [0.05, 0.1) is 0 Å². The minimum atomic E-state index is 1.37. The van der Waals surface area contributed by atoms with Crippen LogP contribution in [0.5, 0.6) is 0 Å². The molecule has 0 saturated heterocycles. The van der Waals surface area contributed by atoms with Gasteiger partial charge < -0.3 is 0 Å². The first-order valence-corrected chi connectivity index (χ1v) is 6.41. The minimum Gasteiger partial charge on any atom is -0.0654 e. The highest BCUT2D eigenvalue weighted by molar-refractivity contribution is 4.99. The molecule has 0 spiro atoms. The SMILES string of the molecule is CCCCCCCCC.c1ccccc1. The van der Waals surface area contributed by atoms with Crippen LogP contribution in [-0.4, -0.2) is 0 Å². The topological polar surface area (TPSA) is 0 Å². The van der Waals surface area contributed by atoms with Crippen molar-refractivity contribution in [2.75, 3.05) is 0 Å². The molecular formula is C15H26. The molecule has 0 aromatic heterocycles. The fourth-order valence-corrected chi connectivity index (χ4v) is 1.42. The summed E-state index contributed by atoms with van der Waals surface area (Å²) in [5, 5.41) is 0. The van der Waals surface area contributed by atoms with Crippen molar-refractivity contribution in [3.05, 3.63) is 36.4 Å². The summed E-state index contributed by atoms with van der Waals surface area (Å²) in [6.07, 6.45) is 9.97. The molecule has 0 heteroatoms. The summed E-state index contributed by atoms with van der Waals surface area (Å²) in [4.78, 5) is 0. The standard InChI is InChI=1S/C9H20.C6H6/c1-3-5-7-9-8-6-4-2;1-2-4-6-5-3-1/h3-9H2,1-2H3;1-6H. The molecule has 86 valence electrons. The average Bonchev–Trinajstić information content (AvgIpc) is 2.32. The zero-order valence-corrected chi connectivity index (χ0v) is 10.4. The normalized spacial score (nSPS) is 9.20. The van der Waals surface area contributed by atoms with Crippen molar-refractivity contribution in [1.82, 2.24) is 0 Å². The van der Waals surface area contributed by atoms with E-state index in [2.05, 4.69) is 13.8 Å². The zero-order chi connectivity index (χ0) is 11.2. The van der Waals surface area contributed by atoms with Gasteiger partial charge in [-0.1, -0.05) is 95.2 Å². The molecule has 0 amide bonds.